The zero-order valence-electron chi connectivity index (χ0n) is 13.2. The molecule has 1 radical (unpaired) electrons. The van der Waals surface area contributed by atoms with E-state index in [0.717, 1.165) is 0 Å². The van der Waals surface area contributed by atoms with E-state index in [1.165, 1.54) is 0 Å². The third kappa shape index (κ3) is 6.56. The van der Waals surface area contributed by atoms with Crippen molar-refractivity contribution < 1.29 is 47.9 Å². The van der Waals surface area contributed by atoms with Gasteiger partial charge in [0.05, 0.1) is 11.5 Å². The van der Waals surface area contributed by atoms with Gasteiger partial charge in [0.25, 0.3) is 0 Å². The summed E-state index contributed by atoms with van der Waals surface area (Å²) in [5.41, 5.74) is 4.70. The van der Waals surface area contributed by atoms with Gasteiger partial charge in [-0.2, -0.15) is 18.2 Å². The first-order valence-electron chi connectivity index (χ1n) is 6.53. The van der Waals surface area contributed by atoms with E-state index in [-0.39, 0.29) is 38.5 Å². The average molecular weight is 389 g/mol. The molecule has 1 aromatic rings. The van der Waals surface area contributed by atoms with Crippen LogP contribution in [0.2, 0.25) is 0 Å². The summed E-state index contributed by atoms with van der Waals surface area (Å²) in [5.74, 6) is -0.0761. The third-order valence-electron chi connectivity index (χ3n) is 2.89. The van der Waals surface area contributed by atoms with E-state index in [0.29, 0.717) is 28.2 Å². The van der Waals surface area contributed by atoms with Crippen LogP contribution in [0, 0.1) is 6.08 Å². The molecule has 0 bridgehead atoms. The van der Waals surface area contributed by atoms with Crippen LogP contribution in [0.4, 0.5) is 0 Å². The molecule has 0 aliphatic heterocycles. The second-order valence-electron chi connectivity index (χ2n) is 4.52. The maximum atomic E-state index is 11.4. The minimum atomic E-state index is -0.0761. The Morgan fingerprint density at radius 2 is 2.04 bits per heavy atom. The fourth-order valence-electron chi connectivity index (χ4n) is 1.56. The Balaban J connectivity index is 0.000000409. The number of nitrogens with zero attached hydrogens (tertiary/aromatic N) is 2. The van der Waals surface area contributed by atoms with E-state index in [1.807, 2.05) is 17.6 Å². The molecule has 0 spiro atoms. The molecule has 7 heteroatoms. The van der Waals surface area contributed by atoms with Crippen molar-refractivity contribution >= 4 is 11.5 Å². The summed E-state index contributed by atoms with van der Waals surface area (Å²) in [4.78, 5) is 15.3. The molecular weight excluding hydrogens is 371 g/mol. The summed E-state index contributed by atoms with van der Waals surface area (Å²) in [6.07, 6.45) is 7.64. The monoisotopic (exact) mass is 389 g/mol. The molecule has 0 fully saturated rings. The van der Waals surface area contributed by atoms with Gasteiger partial charge >= 0.3 is 0 Å². The summed E-state index contributed by atoms with van der Waals surface area (Å²) in [7, 11) is 0. The molecule has 0 saturated carbocycles. The molecular formula is C16H18N3O3Y-. The van der Waals surface area contributed by atoms with Gasteiger partial charge in [-0.15, -0.1) is 5.57 Å². The van der Waals surface area contributed by atoms with Crippen molar-refractivity contribution in [1.82, 2.24) is 10.5 Å². The largest absolute Gasteiger partial charge is 0.411 e. The van der Waals surface area contributed by atoms with Crippen LogP contribution in [0.3, 0.4) is 0 Å². The van der Waals surface area contributed by atoms with Crippen LogP contribution in [0.5, 0.6) is 0 Å². The van der Waals surface area contributed by atoms with Crippen LogP contribution in [-0.2, 0) is 37.5 Å². The summed E-state index contributed by atoms with van der Waals surface area (Å²) in [5, 5.41) is 19.9. The number of pyridine rings is 1. The van der Waals surface area contributed by atoms with Gasteiger partial charge in [0.2, 0.25) is 0 Å². The van der Waals surface area contributed by atoms with Gasteiger partial charge in [-0.05, 0) is 31.7 Å². The molecule has 6 nitrogen and oxygen atoms in total. The van der Waals surface area contributed by atoms with Crippen molar-refractivity contribution in [2.75, 3.05) is 0 Å². The van der Waals surface area contributed by atoms with Gasteiger partial charge < -0.3 is 10.0 Å². The zero-order chi connectivity index (χ0) is 16.5. The van der Waals surface area contributed by atoms with E-state index >= 15 is 0 Å². The Bertz CT molecular complexity index is 650. The number of Topliss-reactive ketones (excluding diaryl/α,β-unsaturated/α-hetero) is 1. The first-order chi connectivity index (χ1) is 10.5. The van der Waals surface area contributed by atoms with Crippen LogP contribution in [0.25, 0.3) is 0 Å². The predicted molar refractivity (Wildman–Crippen MR) is 82.4 cm³/mol. The van der Waals surface area contributed by atoms with Crippen molar-refractivity contribution in [2.24, 2.45) is 5.16 Å². The van der Waals surface area contributed by atoms with E-state index in [4.69, 9.17) is 10.4 Å². The normalized spacial score (nSPS) is 15.7. The minimum absolute atomic E-state index is 0. The maximum absolute atomic E-state index is 11.4. The number of carbonyl (C=O) groups excluding carboxylic acids is 1. The van der Waals surface area contributed by atoms with Crippen LogP contribution >= 0.6 is 0 Å². The number of oxime groups is 1. The Morgan fingerprint density at radius 3 is 2.57 bits per heavy atom. The molecule has 119 valence electrons. The average Bonchev–Trinajstić information content (AvgIpc) is 2.57. The summed E-state index contributed by atoms with van der Waals surface area (Å²) in [6.45, 7) is 5.04. The first-order valence-corrected chi connectivity index (χ1v) is 6.53. The maximum Gasteiger partial charge on any atom is 0.102 e. The van der Waals surface area contributed by atoms with Gasteiger partial charge in [-0.3, -0.25) is 15.7 Å². The number of hydrogen-bond acceptors (Lipinski definition) is 6. The molecule has 0 unspecified atom stereocenters. The van der Waals surface area contributed by atoms with E-state index < -0.39 is 0 Å². The zero-order valence-corrected chi connectivity index (χ0v) is 16.1. The van der Waals surface area contributed by atoms with E-state index in [9.17, 15) is 4.79 Å². The number of hydrogen-bond donors (Lipinski definition) is 3. The van der Waals surface area contributed by atoms with Gasteiger partial charge in [-0.1, -0.05) is 23.7 Å². The standard InChI is InChI=1S/C9H10NO2.C7H8N2O.Y/c1-6-4-3-5-8(9(6)11)7(2)10-12;1-6(9-10)7-4-2-3-5-8-7;/h4-5,10,12H,1-2H3;2-5,10H,1H3;/q-1;;/b;9-6-;. The molecule has 23 heavy (non-hydrogen) atoms. The Morgan fingerprint density at radius 1 is 1.35 bits per heavy atom. The smallest absolute Gasteiger partial charge is 0.102 e. The molecule has 3 N–H and O–H groups in total. The van der Waals surface area contributed by atoms with E-state index in [1.54, 1.807) is 45.2 Å². The molecule has 1 aliphatic carbocycles. The fourth-order valence-corrected chi connectivity index (χ4v) is 1.56. The van der Waals surface area contributed by atoms with Crippen LogP contribution in [0.1, 0.15) is 26.5 Å². The quantitative estimate of drug-likeness (QED) is 0.237. The minimum Gasteiger partial charge on any atom is -0.411 e. The van der Waals surface area contributed by atoms with Crippen molar-refractivity contribution in [3.05, 3.63) is 65.2 Å². The van der Waals surface area contributed by atoms with Gasteiger partial charge in [0.1, 0.15) is 5.71 Å². The molecule has 0 aromatic carbocycles. The Hall–Kier alpha value is -1.63. The molecule has 1 aromatic heterocycles. The van der Waals surface area contributed by atoms with Gasteiger partial charge in [0.15, 0.2) is 0 Å². The molecule has 1 aliphatic rings. The molecule has 0 saturated heterocycles. The van der Waals surface area contributed by atoms with Crippen molar-refractivity contribution in [1.29, 1.82) is 0 Å². The van der Waals surface area contributed by atoms with Crippen LogP contribution in [-0.4, -0.2) is 26.9 Å². The second-order valence-corrected chi connectivity index (χ2v) is 4.52. The van der Waals surface area contributed by atoms with Gasteiger partial charge in [0, 0.05) is 38.9 Å². The number of rotatable bonds is 2. The van der Waals surface area contributed by atoms with E-state index in [2.05, 4.69) is 16.2 Å². The predicted octanol–water partition coefficient (Wildman–Crippen LogP) is 2.40. The molecule has 0 amide bonds. The second kappa shape index (κ2) is 11.0. The van der Waals surface area contributed by atoms with Crippen molar-refractivity contribution in [3.8, 4) is 0 Å². The van der Waals surface area contributed by atoms with Gasteiger partial charge in [-0.25, -0.2) is 0 Å². The number of allylic oxidation sites excluding steroid dienone is 6. The fraction of sp³-hybridized carbons (Fsp3) is 0.188. The summed E-state index contributed by atoms with van der Waals surface area (Å²) < 4.78 is 0. The number of aromatic nitrogens is 1. The first kappa shape index (κ1) is 21.4. The third-order valence-corrected chi connectivity index (χ3v) is 2.89. The number of nitrogens with one attached hydrogen (secondary N) is 1. The SMILES string of the molecule is C/C(=N/O)c1ccccn1.CC1=C[C-]=CC(=C(C)NO)C1=O.[Y]. The number of carbonyl (C=O) groups is 1. The number of ketones is 1. The summed E-state index contributed by atoms with van der Waals surface area (Å²) >= 11 is 0. The number of hydroxylamine groups is 1. The molecule has 2 rings (SSSR count). The van der Waals surface area contributed by atoms with Crippen molar-refractivity contribution in [3.63, 3.8) is 0 Å². The Kier molecular flexibility index (Phi) is 10.2. The topological polar surface area (TPSA) is 94.8 Å². The van der Waals surface area contributed by atoms with Crippen molar-refractivity contribution in [2.45, 2.75) is 20.8 Å². The molecule has 1 heterocycles. The van der Waals surface area contributed by atoms with Crippen LogP contribution < -0.4 is 5.48 Å². The Labute approximate surface area is 160 Å². The van der Waals surface area contributed by atoms with Crippen LogP contribution in [0.15, 0.2) is 58.5 Å². The summed E-state index contributed by atoms with van der Waals surface area (Å²) in [6, 6.07) is 5.44. The molecule has 0 atom stereocenters.